The van der Waals surface area contributed by atoms with Crippen LogP contribution in [0.4, 0.5) is 10.1 Å². The Hall–Kier alpha value is -3.74. The monoisotopic (exact) mass is 407 g/mol. The third kappa shape index (κ3) is 5.20. The molecule has 0 unspecified atom stereocenters. The van der Waals surface area contributed by atoms with Gasteiger partial charge in [-0.1, -0.05) is 17.7 Å². The molecule has 0 atom stereocenters. The van der Waals surface area contributed by atoms with Crippen molar-refractivity contribution in [2.24, 2.45) is 0 Å². The van der Waals surface area contributed by atoms with Crippen molar-refractivity contribution < 1.29 is 18.7 Å². The summed E-state index contributed by atoms with van der Waals surface area (Å²) in [6.07, 6.45) is 2.85. The molecule has 0 fully saturated rings. The van der Waals surface area contributed by atoms with Crippen molar-refractivity contribution in [1.29, 1.82) is 0 Å². The summed E-state index contributed by atoms with van der Waals surface area (Å²) in [5.41, 5.74) is 4.68. The Morgan fingerprint density at radius 2 is 1.73 bits per heavy atom. The highest BCUT2D eigenvalue weighted by atomic mass is 19.1. The van der Waals surface area contributed by atoms with Gasteiger partial charge in [0.15, 0.2) is 6.61 Å². The standard InChI is InChI=1S/C23H22FN3O3/c1-15-4-8-19(9-5-15)25-22(28)14-30-23(29)13-12-21-16(2)26-27(17(21)3)20-10-6-18(24)7-11-20/h4-13H,14H2,1-3H3,(H,25,28)/b13-12+. The van der Waals surface area contributed by atoms with E-state index >= 15 is 0 Å². The molecule has 0 aliphatic heterocycles. The number of ether oxygens (including phenoxy) is 1. The fourth-order valence-corrected chi connectivity index (χ4v) is 2.90. The van der Waals surface area contributed by atoms with Gasteiger partial charge in [0, 0.05) is 23.0 Å². The number of halogens is 1. The number of nitrogens with one attached hydrogen (secondary N) is 1. The van der Waals surface area contributed by atoms with Gasteiger partial charge in [-0.2, -0.15) is 5.10 Å². The van der Waals surface area contributed by atoms with Gasteiger partial charge in [0.25, 0.3) is 5.91 Å². The zero-order valence-corrected chi connectivity index (χ0v) is 17.0. The molecule has 0 bridgehead atoms. The first-order chi connectivity index (χ1) is 14.3. The first-order valence-corrected chi connectivity index (χ1v) is 9.37. The lowest BCUT2D eigenvalue weighted by molar-refractivity contribution is -0.142. The number of amides is 1. The second-order valence-corrected chi connectivity index (χ2v) is 6.83. The zero-order chi connectivity index (χ0) is 21.7. The lowest BCUT2D eigenvalue weighted by Crippen LogP contribution is -2.20. The number of carbonyl (C=O) groups is 2. The Labute approximate surface area is 174 Å². The summed E-state index contributed by atoms with van der Waals surface area (Å²) >= 11 is 0. The van der Waals surface area contributed by atoms with Crippen LogP contribution in [0, 0.1) is 26.6 Å². The van der Waals surface area contributed by atoms with Gasteiger partial charge in [-0.25, -0.2) is 13.9 Å². The number of nitrogens with zero attached hydrogens (tertiary/aromatic N) is 2. The molecule has 0 saturated heterocycles. The van der Waals surface area contributed by atoms with E-state index in [0.717, 1.165) is 16.8 Å². The van der Waals surface area contributed by atoms with Crippen LogP contribution in [0.3, 0.4) is 0 Å². The highest BCUT2D eigenvalue weighted by Crippen LogP contribution is 2.19. The average molecular weight is 407 g/mol. The van der Waals surface area contributed by atoms with E-state index in [1.165, 1.54) is 18.2 Å². The van der Waals surface area contributed by atoms with Crippen LogP contribution in [0.15, 0.2) is 54.6 Å². The predicted octanol–water partition coefficient (Wildman–Crippen LogP) is 4.13. The van der Waals surface area contributed by atoms with Crippen molar-refractivity contribution in [2.45, 2.75) is 20.8 Å². The van der Waals surface area contributed by atoms with Gasteiger partial charge < -0.3 is 10.1 Å². The lowest BCUT2D eigenvalue weighted by Gasteiger charge is -2.05. The average Bonchev–Trinajstić information content (AvgIpc) is 3.01. The number of aromatic nitrogens is 2. The van der Waals surface area contributed by atoms with Crippen LogP contribution in [0.25, 0.3) is 11.8 Å². The summed E-state index contributed by atoms with van der Waals surface area (Å²) in [5, 5.41) is 7.10. The van der Waals surface area contributed by atoms with E-state index in [4.69, 9.17) is 4.74 Å². The molecule has 1 amide bonds. The van der Waals surface area contributed by atoms with Crippen LogP contribution in [-0.2, 0) is 14.3 Å². The minimum atomic E-state index is -0.637. The van der Waals surface area contributed by atoms with Gasteiger partial charge >= 0.3 is 5.97 Å². The molecule has 1 aromatic heterocycles. The Morgan fingerprint density at radius 3 is 2.40 bits per heavy atom. The van der Waals surface area contributed by atoms with Crippen molar-refractivity contribution >= 4 is 23.6 Å². The fourth-order valence-electron chi connectivity index (χ4n) is 2.90. The van der Waals surface area contributed by atoms with Gasteiger partial charge in [-0.15, -0.1) is 0 Å². The molecule has 7 heteroatoms. The fraction of sp³-hybridized carbons (Fsp3) is 0.174. The van der Waals surface area contributed by atoms with Gasteiger partial charge in [0.1, 0.15) is 5.82 Å². The minimum absolute atomic E-state index is 0.324. The molecule has 0 aliphatic carbocycles. The Bertz CT molecular complexity index is 1080. The van der Waals surface area contributed by atoms with Crippen LogP contribution < -0.4 is 5.32 Å². The maximum Gasteiger partial charge on any atom is 0.331 e. The number of rotatable bonds is 6. The molecule has 1 heterocycles. The van der Waals surface area contributed by atoms with E-state index in [9.17, 15) is 14.0 Å². The number of aryl methyl sites for hydroxylation is 2. The third-order valence-electron chi connectivity index (χ3n) is 4.49. The second kappa shape index (κ2) is 9.17. The molecule has 0 radical (unpaired) electrons. The lowest BCUT2D eigenvalue weighted by atomic mass is 10.2. The summed E-state index contributed by atoms with van der Waals surface area (Å²) in [6, 6.07) is 13.3. The number of anilines is 1. The number of esters is 1. The maximum atomic E-state index is 13.1. The molecular formula is C23H22FN3O3. The summed E-state index contributed by atoms with van der Waals surface area (Å²) in [6.45, 7) is 5.23. The number of hydrogen-bond acceptors (Lipinski definition) is 4. The van der Waals surface area contributed by atoms with Gasteiger partial charge in [-0.05, 0) is 63.2 Å². The van der Waals surface area contributed by atoms with Crippen molar-refractivity contribution in [3.05, 3.63) is 82.9 Å². The molecule has 2 aromatic carbocycles. The van der Waals surface area contributed by atoms with Gasteiger partial charge in [0.2, 0.25) is 0 Å². The molecule has 3 rings (SSSR count). The van der Waals surface area contributed by atoms with Crippen LogP contribution in [0.5, 0.6) is 0 Å². The summed E-state index contributed by atoms with van der Waals surface area (Å²) in [7, 11) is 0. The highest BCUT2D eigenvalue weighted by Gasteiger charge is 2.12. The number of benzene rings is 2. The molecule has 154 valence electrons. The molecule has 0 spiro atoms. The van der Waals surface area contributed by atoms with E-state index in [2.05, 4.69) is 10.4 Å². The molecule has 30 heavy (non-hydrogen) atoms. The normalized spacial score (nSPS) is 10.9. The quantitative estimate of drug-likeness (QED) is 0.493. The largest absolute Gasteiger partial charge is 0.452 e. The van der Waals surface area contributed by atoms with Crippen LogP contribution >= 0.6 is 0 Å². The van der Waals surface area contributed by atoms with Crippen LogP contribution in [0.2, 0.25) is 0 Å². The van der Waals surface area contributed by atoms with Gasteiger partial charge in [-0.3, -0.25) is 4.79 Å². The van der Waals surface area contributed by atoms with E-state index in [-0.39, 0.29) is 12.4 Å². The van der Waals surface area contributed by atoms with Crippen molar-refractivity contribution in [2.75, 3.05) is 11.9 Å². The van der Waals surface area contributed by atoms with E-state index in [1.807, 2.05) is 32.9 Å². The van der Waals surface area contributed by atoms with Crippen molar-refractivity contribution in [3.8, 4) is 5.69 Å². The summed E-state index contributed by atoms with van der Waals surface area (Å²) in [5.74, 6) is -1.38. The zero-order valence-electron chi connectivity index (χ0n) is 17.0. The first kappa shape index (κ1) is 21.0. The summed E-state index contributed by atoms with van der Waals surface area (Å²) < 4.78 is 19.8. The second-order valence-electron chi connectivity index (χ2n) is 6.83. The van der Waals surface area contributed by atoms with Crippen LogP contribution in [-0.4, -0.2) is 28.3 Å². The van der Waals surface area contributed by atoms with E-state index in [1.54, 1.807) is 35.0 Å². The maximum absolute atomic E-state index is 13.1. The van der Waals surface area contributed by atoms with Crippen LogP contribution in [0.1, 0.15) is 22.5 Å². The first-order valence-electron chi connectivity index (χ1n) is 9.37. The van der Waals surface area contributed by atoms with Gasteiger partial charge in [0.05, 0.1) is 11.4 Å². The SMILES string of the molecule is Cc1ccc(NC(=O)COC(=O)/C=C/c2c(C)nn(-c3ccc(F)cc3)c2C)cc1. The molecule has 3 aromatic rings. The van der Waals surface area contributed by atoms with E-state index < -0.39 is 11.9 Å². The van der Waals surface area contributed by atoms with Crippen molar-refractivity contribution in [3.63, 3.8) is 0 Å². The highest BCUT2D eigenvalue weighted by molar-refractivity contribution is 5.94. The molecular weight excluding hydrogens is 385 g/mol. The Morgan fingerprint density at radius 1 is 1.07 bits per heavy atom. The Balaban J connectivity index is 1.60. The minimum Gasteiger partial charge on any atom is -0.452 e. The third-order valence-corrected chi connectivity index (χ3v) is 4.49. The predicted molar refractivity (Wildman–Crippen MR) is 113 cm³/mol. The molecule has 6 nitrogen and oxygen atoms in total. The molecule has 0 saturated carbocycles. The van der Waals surface area contributed by atoms with E-state index in [0.29, 0.717) is 17.1 Å². The smallest absolute Gasteiger partial charge is 0.331 e. The number of carbonyl (C=O) groups excluding carboxylic acids is 2. The van der Waals surface area contributed by atoms with Crippen molar-refractivity contribution in [1.82, 2.24) is 9.78 Å². The Kier molecular flexibility index (Phi) is 6.41. The molecule has 0 aliphatic rings. The summed E-state index contributed by atoms with van der Waals surface area (Å²) in [4.78, 5) is 23.9. The number of hydrogen-bond donors (Lipinski definition) is 1. The topological polar surface area (TPSA) is 73.2 Å². The molecule has 1 N–H and O–H groups in total.